The molecule has 2 atom stereocenters. The molecule has 5 rings (SSSR count). The van der Waals surface area contributed by atoms with Crippen LogP contribution in [-0.2, 0) is 20.9 Å². The van der Waals surface area contributed by atoms with Crippen LogP contribution in [0.4, 0.5) is 0 Å². The van der Waals surface area contributed by atoms with E-state index in [2.05, 4.69) is 15.5 Å². The minimum atomic E-state index is -0.932. The first-order valence-electron chi connectivity index (χ1n) is 10.4. The molecule has 4 heterocycles. The lowest BCUT2D eigenvalue weighted by molar-refractivity contribution is -0.136. The third kappa shape index (κ3) is 3.32. The number of hydrogen-bond acceptors (Lipinski definition) is 7. The molecular formula is C21H24N4O5. The van der Waals surface area contributed by atoms with E-state index >= 15 is 0 Å². The molecule has 4 aliphatic rings. The molecule has 30 heavy (non-hydrogen) atoms. The number of carbonyl (C=O) groups excluding carboxylic acids is 4. The molecular weight excluding hydrogens is 388 g/mol. The molecule has 2 unspecified atom stereocenters. The summed E-state index contributed by atoms with van der Waals surface area (Å²) in [6, 6.07) is 4.36. The van der Waals surface area contributed by atoms with E-state index in [9.17, 15) is 19.2 Å². The van der Waals surface area contributed by atoms with Crippen LogP contribution in [-0.4, -0.2) is 78.4 Å². The van der Waals surface area contributed by atoms with Gasteiger partial charge in [-0.15, -0.1) is 0 Å². The van der Waals surface area contributed by atoms with Crippen molar-refractivity contribution in [2.45, 2.75) is 31.5 Å². The summed E-state index contributed by atoms with van der Waals surface area (Å²) in [4.78, 5) is 52.5. The summed E-state index contributed by atoms with van der Waals surface area (Å²) in [6.07, 6.45) is 0.540. The molecule has 9 nitrogen and oxygen atoms in total. The van der Waals surface area contributed by atoms with E-state index in [0.29, 0.717) is 23.6 Å². The van der Waals surface area contributed by atoms with Crippen LogP contribution in [0.5, 0.6) is 0 Å². The minimum absolute atomic E-state index is 0.116. The summed E-state index contributed by atoms with van der Waals surface area (Å²) in [5.41, 5.74) is 1.61. The highest BCUT2D eigenvalue weighted by Crippen LogP contribution is 2.30. The van der Waals surface area contributed by atoms with Gasteiger partial charge in [-0.25, -0.2) is 0 Å². The van der Waals surface area contributed by atoms with Crippen molar-refractivity contribution in [1.82, 2.24) is 20.4 Å². The van der Waals surface area contributed by atoms with E-state index in [0.717, 1.165) is 43.2 Å². The Bertz CT molecular complexity index is 920. The van der Waals surface area contributed by atoms with Crippen molar-refractivity contribution >= 4 is 23.6 Å². The zero-order valence-electron chi connectivity index (χ0n) is 16.6. The molecule has 0 saturated carbocycles. The highest BCUT2D eigenvalue weighted by atomic mass is 16.5. The zero-order valence-corrected chi connectivity index (χ0v) is 16.6. The fourth-order valence-electron chi connectivity index (χ4n) is 4.74. The second kappa shape index (κ2) is 7.57. The Labute approximate surface area is 173 Å². The molecule has 0 aromatic heterocycles. The summed E-state index contributed by atoms with van der Waals surface area (Å²) < 4.78 is 5.82. The SMILES string of the molecule is O=C1CCC(N2C(=O)c3ccc(CN4CC(C5CNCCO5)C4)cc3C2=O)C(=O)N1. The van der Waals surface area contributed by atoms with Gasteiger partial charge in [0.05, 0.1) is 23.8 Å². The molecule has 0 spiro atoms. The predicted octanol–water partition coefficient (Wildman–Crippen LogP) is -0.492. The summed E-state index contributed by atoms with van der Waals surface area (Å²) in [5.74, 6) is -1.39. The van der Waals surface area contributed by atoms with Gasteiger partial charge in [-0.1, -0.05) is 6.07 Å². The van der Waals surface area contributed by atoms with Crippen LogP contribution in [0, 0.1) is 5.92 Å². The van der Waals surface area contributed by atoms with E-state index < -0.39 is 23.8 Å². The van der Waals surface area contributed by atoms with Crippen LogP contribution in [0.15, 0.2) is 18.2 Å². The van der Waals surface area contributed by atoms with Crippen LogP contribution < -0.4 is 10.6 Å². The molecule has 158 valence electrons. The Morgan fingerprint density at radius 3 is 2.60 bits per heavy atom. The number of rotatable bonds is 4. The number of amides is 4. The number of ether oxygens (including phenoxy) is 1. The van der Waals surface area contributed by atoms with Crippen molar-refractivity contribution in [2.75, 3.05) is 32.8 Å². The second-order valence-corrected chi connectivity index (χ2v) is 8.39. The Balaban J connectivity index is 1.25. The zero-order chi connectivity index (χ0) is 20.8. The van der Waals surface area contributed by atoms with Gasteiger partial charge in [-0.3, -0.25) is 34.3 Å². The van der Waals surface area contributed by atoms with Crippen molar-refractivity contribution in [1.29, 1.82) is 0 Å². The number of likely N-dealkylation sites (tertiary alicyclic amines) is 1. The van der Waals surface area contributed by atoms with Gasteiger partial charge in [-0.2, -0.15) is 0 Å². The summed E-state index contributed by atoms with van der Waals surface area (Å²) in [7, 11) is 0. The van der Waals surface area contributed by atoms with Gasteiger partial charge in [0.15, 0.2) is 0 Å². The van der Waals surface area contributed by atoms with E-state index in [1.807, 2.05) is 6.07 Å². The van der Waals surface area contributed by atoms with Crippen LogP contribution in [0.3, 0.4) is 0 Å². The van der Waals surface area contributed by atoms with Crippen molar-refractivity contribution in [3.8, 4) is 0 Å². The van der Waals surface area contributed by atoms with Gasteiger partial charge in [0.25, 0.3) is 11.8 Å². The number of benzene rings is 1. The lowest BCUT2D eigenvalue weighted by atomic mass is 9.92. The number of nitrogens with zero attached hydrogens (tertiary/aromatic N) is 2. The predicted molar refractivity (Wildman–Crippen MR) is 104 cm³/mol. The number of nitrogens with one attached hydrogen (secondary N) is 2. The normalized spacial score (nSPS) is 27.8. The standard InChI is InChI=1S/C21H24N4O5/c26-18-4-3-16(19(27)23-18)25-20(28)14-2-1-12(7-15(14)21(25)29)9-24-10-13(11-24)17-8-22-5-6-30-17/h1-2,7,13,16-17,22H,3-6,8-11H2,(H,23,26,27). The third-order valence-corrected chi connectivity index (χ3v) is 6.38. The molecule has 3 saturated heterocycles. The van der Waals surface area contributed by atoms with Gasteiger partial charge in [0.1, 0.15) is 6.04 Å². The number of hydrogen-bond donors (Lipinski definition) is 2. The summed E-state index contributed by atoms with van der Waals surface area (Å²) in [6.45, 7) is 5.14. The molecule has 1 aromatic rings. The molecule has 0 aliphatic carbocycles. The topological polar surface area (TPSA) is 108 Å². The monoisotopic (exact) mass is 412 g/mol. The Hall–Kier alpha value is -2.62. The molecule has 0 bridgehead atoms. The average Bonchev–Trinajstić information content (AvgIpc) is 2.95. The number of piperidine rings is 1. The summed E-state index contributed by atoms with van der Waals surface area (Å²) in [5, 5.41) is 5.57. The molecule has 4 amide bonds. The van der Waals surface area contributed by atoms with Crippen molar-refractivity contribution in [3.05, 3.63) is 34.9 Å². The Morgan fingerprint density at radius 1 is 1.07 bits per heavy atom. The first-order chi connectivity index (χ1) is 14.5. The van der Waals surface area contributed by atoms with Crippen molar-refractivity contribution < 1.29 is 23.9 Å². The van der Waals surface area contributed by atoms with Crippen LogP contribution in [0.1, 0.15) is 39.1 Å². The largest absolute Gasteiger partial charge is 0.375 e. The van der Waals surface area contributed by atoms with Gasteiger partial charge in [-0.05, 0) is 24.1 Å². The first kappa shape index (κ1) is 19.3. The lowest BCUT2D eigenvalue weighted by Crippen LogP contribution is -2.56. The Morgan fingerprint density at radius 2 is 1.87 bits per heavy atom. The third-order valence-electron chi connectivity index (χ3n) is 6.38. The number of carbonyl (C=O) groups is 4. The maximum Gasteiger partial charge on any atom is 0.262 e. The lowest BCUT2D eigenvalue weighted by Gasteiger charge is -2.44. The fraction of sp³-hybridized carbons (Fsp3) is 0.524. The molecule has 4 aliphatic heterocycles. The van der Waals surface area contributed by atoms with Gasteiger partial charge >= 0.3 is 0 Å². The van der Waals surface area contributed by atoms with Gasteiger partial charge in [0.2, 0.25) is 11.8 Å². The van der Waals surface area contributed by atoms with Gasteiger partial charge < -0.3 is 10.1 Å². The molecule has 3 fully saturated rings. The van der Waals surface area contributed by atoms with E-state index in [-0.39, 0.29) is 24.9 Å². The van der Waals surface area contributed by atoms with Crippen LogP contribution >= 0.6 is 0 Å². The van der Waals surface area contributed by atoms with Crippen LogP contribution in [0.25, 0.3) is 0 Å². The number of morpholine rings is 1. The molecule has 2 N–H and O–H groups in total. The minimum Gasteiger partial charge on any atom is -0.375 e. The number of fused-ring (bicyclic) bond motifs is 1. The van der Waals surface area contributed by atoms with E-state index in [1.54, 1.807) is 12.1 Å². The smallest absolute Gasteiger partial charge is 0.262 e. The van der Waals surface area contributed by atoms with Crippen molar-refractivity contribution in [3.63, 3.8) is 0 Å². The quantitative estimate of drug-likeness (QED) is 0.643. The summed E-state index contributed by atoms with van der Waals surface area (Å²) >= 11 is 0. The van der Waals surface area contributed by atoms with Crippen molar-refractivity contribution in [2.24, 2.45) is 5.92 Å². The second-order valence-electron chi connectivity index (χ2n) is 8.39. The average molecular weight is 412 g/mol. The Kier molecular flexibility index (Phi) is 4.88. The van der Waals surface area contributed by atoms with Gasteiger partial charge in [0, 0.05) is 45.1 Å². The highest BCUT2D eigenvalue weighted by Gasteiger charge is 2.44. The fourth-order valence-corrected chi connectivity index (χ4v) is 4.74. The molecule has 1 aromatic carbocycles. The molecule has 9 heteroatoms. The first-order valence-corrected chi connectivity index (χ1v) is 10.4. The maximum absolute atomic E-state index is 12.9. The van der Waals surface area contributed by atoms with E-state index in [1.165, 1.54) is 0 Å². The maximum atomic E-state index is 12.9. The molecule has 0 radical (unpaired) electrons. The van der Waals surface area contributed by atoms with E-state index in [4.69, 9.17) is 4.74 Å². The van der Waals surface area contributed by atoms with Crippen LogP contribution in [0.2, 0.25) is 0 Å². The highest BCUT2D eigenvalue weighted by molar-refractivity contribution is 6.23. The number of imide groups is 2.